The average molecular weight is 839 g/mol. The van der Waals surface area contributed by atoms with Gasteiger partial charge in [-0.2, -0.15) is 13.2 Å². The molecule has 2 aromatic carbocycles. The number of methoxy groups -OCH3 is 4. The molecule has 0 spiro atoms. The number of nitrogens with zero attached hydrogens (tertiary/aromatic N) is 4. The Hall–Kier alpha value is -4.80. The third-order valence-electron chi connectivity index (χ3n) is 10.9. The van der Waals surface area contributed by atoms with Crippen LogP contribution in [-0.4, -0.2) is 111 Å². The van der Waals surface area contributed by atoms with Gasteiger partial charge in [0.2, 0.25) is 17.7 Å². The quantitative estimate of drug-likeness (QED) is 0.135. The summed E-state index contributed by atoms with van der Waals surface area (Å²) in [5.74, 6) is 0.720. The molecule has 0 aliphatic carbocycles. The lowest BCUT2D eigenvalue weighted by Gasteiger charge is -2.32. The first-order valence-corrected chi connectivity index (χ1v) is 19.9. The number of aromatic nitrogens is 2. The molecule has 2 aliphatic rings. The van der Waals surface area contributed by atoms with Gasteiger partial charge >= 0.3 is 6.18 Å². The van der Waals surface area contributed by atoms with Gasteiger partial charge in [-0.25, -0.2) is 4.98 Å². The fourth-order valence-corrected chi connectivity index (χ4v) is 8.04. The molecular formula is C43H50ClF3N6O6. The molecule has 2 amide bonds. The van der Waals surface area contributed by atoms with E-state index in [0.29, 0.717) is 61.8 Å². The van der Waals surface area contributed by atoms with Gasteiger partial charge in [0.05, 0.1) is 36.2 Å². The van der Waals surface area contributed by atoms with Crippen LogP contribution in [0.3, 0.4) is 0 Å². The molecule has 59 heavy (non-hydrogen) atoms. The number of nitrogens with one attached hydrogen (secondary N) is 2. The second-order valence-electron chi connectivity index (χ2n) is 14.6. The number of carbonyl (C=O) groups is 2. The number of hydrogen-bond donors (Lipinski definition) is 2. The minimum Gasteiger partial charge on any atom is -0.496 e. The van der Waals surface area contributed by atoms with Crippen molar-refractivity contribution in [3.05, 3.63) is 82.5 Å². The van der Waals surface area contributed by atoms with Crippen molar-refractivity contribution < 1.29 is 41.7 Å². The molecule has 2 saturated heterocycles. The second-order valence-corrected chi connectivity index (χ2v) is 15.0. The van der Waals surface area contributed by atoms with E-state index in [9.17, 15) is 9.59 Å². The van der Waals surface area contributed by atoms with Gasteiger partial charge in [-0.1, -0.05) is 48.0 Å². The average Bonchev–Trinajstić information content (AvgIpc) is 3.25. The Morgan fingerprint density at radius 3 is 1.90 bits per heavy atom. The minimum atomic E-state index is -4.78. The number of alkyl halides is 3. The topological polar surface area (TPSA) is 127 Å². The van der Waals surface area contributed by atoms with E-state index in [1.54, 1.807) is 36.3 Å². The predicted molar refractivity (Wildman–Crippen MR) is 218 cm³/mol. The van der Waals surface area contributed by atoms with E-state index < -0.39 is 11.7 Å². The van der Waals surface area contributed by atoms with Gasteiger partial charge in [0.25, 0.3) is 0 Å². The Kier molecular flexibility index (Phi) is 14.8. The van der Waals surface area contributed by atoms with Crippen LogP contribution in [0.1, 0.15) is 42.4 Å². The molecule has 16 heteroatoms. The molecule has 316 valence electrons. The number of carbonyl (C=O) groups excluding carboxylic acids is 2. The summed E-state index contributed by atoms with van der Waals surface area (Å²) >= 11 is 6.97. The fraction of sp³-hybridized carbons (Fsp3) is 0.442. The molecule has 2 fully saturated rings. The summed E-state index contributed by atoms with van der Waals surface area (Å²) in [4.78, 5) is 37.0. The maximum atomic E-state index is 15.2. The van der Waals surface area contributed by atoms with Crippen molar-refractivity contribution in [2.75, 3.05) is 67.8 Å². The molecule has 2 aliphatic heterocycles. The van der Waals surface area contributed by atoms with Crippen LogP contribution in [0.15, 0.2) is 60.8 Å². The highest BCUT2D eigenvalue weighted by Crippen LogP contribution is 2.46. The summed E-state index contributed by atoms with van der Waals surface area (Å²) < 4.78 is 66.8. The van der Waals surface area contributed by atoms with Crippen molar-refractivity contribution in [3.8, 4) is 45.3 Å². The van der Waals surface area contributed by atoms with Crippen LogP contribution in [0.5, 0.6) is 11.6 Å². The summed E-state index contributed by atoms with van der Waals surface area (Å²) in [6.07, 6.45) is -0.222. The van der Waals surface area contributed by atoms with Crippen molar-refractivity contribution >= 4 is 23.4 Å². The molecule has 0 saturated carbocycles. The summed E-state index contributed by atoms with van der Waals surface area (Å²) in [7, 11) is 6.00. The van der Waals surface area contributed by atoms with Gasteiger partial charge in [-0.05, 0) is 49.4 Å². The molecule has 4 aromatic rings. The standard InChI is InChI=1S/C43H50ClF3N6O6/c1-56-25-37(54)52-18-13-30(14-19-52)49-23-28-9-8-27(22-36(28)58-3)41-40(44)33(12-17-48-41)32-6-5-7-34(39(32)43(45,46)47)35-11-10-29(42(51-35)59-4)24-50-31-15-20-53(21-16-31)38(55)26-57-2/h5-12,17,22,30-31,49-50H,13-16,18-21,23-26H2,1-4H3. The lowest BCUT2D eigenvalue weighted by atomic mass is 9.92. The highest BCUT2D eigenvalue weighted by Gasteiger charge is 2.38. The van der Waals surface area contributed by atoms with E-state index in [1.165, 1.54) is 45.7 Å². The zero-order valence-corrected chi connectivity index (χ0v) is 34.4. The molecule has 12 nitrogen and oxygen atoms in total. The number of ether oxygens (including phenoxy) is 4. The largest absolute Gasteiger partial charge is 0.496 e. The zero-order valence-electron chi connectivity index (χ0n) is 33.7. The maximum Gasteiger partial charge on any atom is 0.417 e. The summed E-state index contributed by atoms with van der Waals surface area (Å²) in [6, 6.07) is 14.9. The van der Waals surface area contributed by atoms with Crippen LogP contribution in [0.4, 0.5) is 13.2 Å². The molecule has 4 heterocycles. The van der Waals surface area contributed by atoms with Crippen LogP contribution in [0.25, 0.3) is 33.6 Å². The van der Waals surface area contributed by atoms with Crippen molar-refractivity contribution in [3.63, 3.8) is 0 Å². The van der Waals surface area contributed by atoms with Gasteiger partial charge in [0.15, 0.2) is 0 Å². The molecule has 0 radical (unpaired) electrons. The first-order chi connectivity index (χ1) is 28.4. The molecule has 0 atom stereocenters. The molecular weight excluding hydrogens is 789 g/mol. The van der Waals surface area contributed by atoms with Gasteiger partial charge in [-0.3, -0.25) is 14.6 Å². The van der Waals surface area contributed by atoms with E-state index >= 15 is 13.2 Å². The van der Waals surface area contributed by atoms with Crippen LogP contribution in [0.2, 0.25) is 5.02 Å². The van der Waals surface area contributed by atoms with Crippen molar-refractivity contribution in [2.45, 2.75) is 57.0 Å². The first kappa shape index (κ1) is 43.8. The van der Waals surface area contributed by atoms with Crippen molar-refractivity contribution in [2.24, 2.45) is 0 Å². The predicted octanol–water partition coefficient (Wildman–Crippen LogP) is 6.62. The molecule has 6 rings (SSSR count). The number of rotatable bonds is 15. The Morgan fingerprint density at radius 1 is 0.763 bits per heavy atom. The minimum absolute atomic E-state index is 0.0164. The second kappa shape index (κ2) is 20.0. The van der Waals surface area contributed by atoms with E-state index in [-0.39, 0.29) is 70.4 Å². The van der Waals surface area contributed by atoms with Gasteiger partial charge in [0, 0.05) is 99.6 Å². The number of hydrogen-bond acceptors (Lipinski definition) is 10. The third-order valence-corrected chi connectivity index (χ3v) is 11.3. The monoisotopic (exact) mass is 838 g/mol. The van der Waals surface area contributed by atoms with Gasteiger partial charge in [0.1, 0.15) is 19.0 Å². The number of amides is 2. The maximum absolute atomic E-state index is 15.2. The normalized spacial score (nSPS) is 15.4. The van der Waals surface area contributed by atoms with Gasteiger partial charge < -0.3 is 39.4 Å². The third kappa shape index (κ3) is 10.5. The van der Waals surface area contributed by atoms with E-state index in [1.807, 2.05) is 17.0 Å². The number of likely N-dealkylation sites (tertiary alicyclic amines) is 2. The smallest absolute Gasteiger partial charge is 0.417 e. The summed E-state index contributed by atoms with van der Waals surface area (Å²) in [5, 5.41) is 7.09. The molecule has 2 aromatic heterocycles. The van der Waals surface area contributed by atoms with Crippen LogP contribution >= 0.6 is 11.6 Å². The molecule has 2 N–H and O–H groups in total. The molecule has 0 unspecified atom stereocenters. The Labute approximate surface area is 347 Å². The number of benzene rings is 2. The van der Waals surface area contributed by atoms with Crippen LogP contribution in [-0.2, 0) is 38.3 Å². The lowest BCUT2D eigenvalue weighted by Crippen LogP contribution is -2.45. The van der Waals surface area contributed by atoms with E-state index in [4.69, 9.17) is 30.5 Å². The Morgan fingerprint density at radius 2 is 1.34 bits per heavy atom. The number of piperidine rings is 2. The zero-order chi connectivity index (χ0) is 42.1. The van der Waals surface area contributed by atoms with Crippen molar-refractivity contribution in [1.82, 2.24) is 30.4 Å². The van der Waals surface area contributed by atoms with Crippen LogP contribution in [0, 0.1) is 0 Å². The lowest BCUT2D eigenvalue weighted by molar-refractivity contribution is -0.137. The highest BCUT2D eigenvalue weighted by molar-refractivity contribution is 6.35. The highest BCUT2D eigenvalue weighted by atomic mass is 35.5. The SMILES string of the molecule is COCC(=O)N1CCC(NCc2ccc(-c3nccc(-c4cccc(-c5ccc(CNC6CCN(C(=O)COC)CC6)c(OC)n5)c4C(F)(F)F)c3Cl)cc2OC)CC1. The number of halogens is 4. The van der Waals surface area contributed by atoms with Gasteiger partial charge in [-0.15, -0.1) is 0 Å². The Bertz CT molecular complexity index is 2090. The van der Waals surface area contributed by atoms with Crippen molar-refractivity contribution in [1.29, 1.82) is 0 Å². The fourth-order valence-electron chi connectivity index (χ4n) is 7.72. The summed E-state index contributed by atoms with van der Waals surface area (Å²) in [5.41, 5.74) is 1.58. The summed E-state index contributed by atoms with van der Waals surface area (Å²) in [6.45, 7) is 3.52. The first-order valence-electron chi connectivity index (χ1n) is 19.5. The Balaban J connectivity index is 1.20. The number of pyridine rings is 2. The van der Waals surface area contributed by atoms with E-state index in [0.717, 1.165) is 31.2 Å². The molecule has 0 bridgehead atoms. The van der Waals surface area contributed by atoms with E-state index in [2.05, 4.69) is 20.6 Å². The van der Waals surface area contributed by atoms with Crippen LogP contribution < -0.4 is 20.1 Å².